The molecule has 1 saturated heterocycles. The Morgan fingerprint density at radius 3 is 2.67 bits per heavy atom. The zero-order valence-electron chi connectivity index (χ0n) is 12.9. The maximum atomic E-state index is 14.2. The van der Waals surface area contributed by atoms with Crippen LogP contribution in [0.15, 0.2) is 48.5 Å². The number of hydrogen-bond acceptors (Lipinski definition) is 2. The highest BCUT2D eigenvalue weighted by Gasteiger charge is 2.27. The number of rotatable bonds is 4. The van der Waals surface area contributed by atoms with Crippen molar-refractivity contribution in [2.75, 3.05) is 18.1 Å². The zero-order chi connectivity index (χ0) is 17.1. The van der Waals surface area contributed by atoms with Gasteiger partial charge in [-0.3, -0.25) is 14.5 Å². The summed E-state index contributed by atoms with van der Waals surface area (Å²) < 4.78 is 14.2. The van der Waals surface area contributed by atoms with Crippen LogP contribution in [0.1, 0.15) is 23.2 Å². The van der Waals surface area contributed by atoms with Gasteiger partial charge in [-0.2, -0.15) is 0 Å². The number of amides is 2. The third kappa shape index (κ3) is 3.41. The van der Waals surface area contributed by atoms with E-state index < -0.39 is 11.7 Å². The van der Waals surface area contributed by atoms with Gasteiger partial charge in [-0.1, -0.05) is 29.8 Å². The van der Waals surface area contributed by atoms with Crippen molar-refractivity contribution >= 4 is 29.1 Å². The lowest BCUT2D eigenvalue weighted by molar-refractivity contribution is -0.127. The van der Waals surface area contributed by atoms with E-state index in [1.807, 2.05) is 0 Å². The molecule has 0 spiro atoms. The zero-order valence-corrected chi connectivity index (χ0v) is 13.7. The topological polar surface area (TPSA) is 40.6 Å². The third-order valence-corrected chi connectivity index (χ3v) is 4.18. The van der Waals surface area contributed by atoms with Crippen LogP contribution in [0.2, 0.25) is 5.02 Å². The van der Waals surface area contributed by atoms with Gasteiger partial charge < -0.3 is 4.90 Å². The molecule has 0 radical (unpaired) electrons. The monoisotopic (exact) mass is 346 g/mol. The van der Waals surface area contributed by atoms with Gasteiger partial charge >= 0.3 is 0 Å². The second-order valence-electron chi connectivity index (χ2n) is 5.60. The molecular weight excluding hydrogens is 331 g/mol. The number of carbonyl (C=O) groups excluding carboxylic acids is 2. The van der Waals surface area contributed by atoms with Crippen molar-refractivity contribution in [3.05, 3.63) is 64.9 Å². The number of likely N-dealkylation sites (tertiary alicyclic amines) is 1. The summed E-state index contributed by atoms with van der Waals surface area (Å²) in [6, 6.07) is 12.5. The quantitative estimate of drug-likeness (QED) is 0.846. The van der Waals surface area contributed by atoms with Gasteiger partial charge in [0.15, 0.2) is 0 Å². The van der Waals surface area contributed by atoms with Crippen molar-refractivity contribution in [3.63, 3.8) is 0 Å². The van der Waals surface area contributed by atoms with Crippen LogP contribution in [-0.4, -0.2) is 29.9 Å². The van der Waals surface area contributed by atoms with E-state index in [4.69, 9.17) is 11.6 Å². The van der Waals surface area contributed by atoms with Crippen LogP contribution in [0.25, 0.3) is 0 Å². The van der Waals surface area contributed by atoms with E-state index >= 15 is 0 Å². The van der Waals surface area contributed by atoms with Crippen molar-refractivity contribution < 1.29 is 14.0 Å². The van der Waals surface area contributed by atoms with Gasteiger partial charge in [0, 0.05) is 23.6 Å². The SMILES string of the molecule is O=C1CCCN1CN(C(=O)c1cccc(Cl)c1)c1ccccc1F. The Kier molecular flexibility index (Phi) is 4.81. The standard InChI is InChI=1S/C18H16ClFN2O2/c19-14-6-3-5-13(11-14)18(24)22(12-21-10-4-9-17(21)23)16-8-2-1-7-15(16)20/h1-3,5-8,11H,4,9-10,12H2. The highest BCUT2D eigenvalue weighted by atomic mass is 35.5. The van der Waals surface area contributed by atoms with Crippen molar-refractivity contribution in [1.29, 1.82) is 0 Å². The number of hydrogen-bond donors (Lipinski definition) is 0. The molecule has 1 fully saturated rings. The predicted molar refractivity (Wildman–Crippen MR) is 90.5 cm³/mol. The average molecular weight is 347 g/mol. The number of carbonyl (C=O) groups is 2. The van der Waals surface area contributed by atoms with E-state index in [1.165, 1.54) is 23.1 Å². The Balaban J connectivity index is 1.96. The summed E-state index contributed by atoms with van der Waals surface area (Å²) in [5, 5.41) is 0.423. The minimum absolute atomic E-state index is 0.0190. The molecule has 24 heavy (non-hydrogen) atoms. The fraction of sp³-hybridized carbons (Fsp3) is 0.222. The Morgan fingerprint density at radius 1 is 1.21 bits per heavy atom. The normalized spacial score (nSPS) is 14.1. The van der Waals surface area contributed by atoms with Gasteiger partial charge in [0.1, 0.15) is 12.5 Å². The summed E-state index contributed by atoms with van der Waals surface area (Å²) in [4.78, 5) is 27.7. The van der Waals surface area contributed by atoms with Gasteiger partial charge in [0.25, 0.3) is 5.91 Å². The largest absolute Gasteiger partial charge is 0.324 e. The van der Waals surface area contributed by atoms with E-state index in [0.29, 0.717) is 23.6 Å². The van der Waals surface area contributed by atoms with Crippen LogP contribution in [0.4, 0.5) is 10.1 Å². The lowest BCUT2D eigenvalue weighted by Crippen LogP contribution is -2.42. The van der Waals surface area contributed by atoms with Crippen LogP contribution in [0.5, 0.6) is 0 Å². The molecule has 2 aromatic rings. The van der Waals surface area contributed by atoms with Gasteiger partial charge in [0.2, 0.25) is 5.91 Å². The smallest absolute Gasteiger partial charge is 0.259 e. The average Bonchev–Trinajstić information content (AvgIpc) is 2.98. The van der Waals surface area contributed by atoms with Crippen molar-refractivity contribution in [1.82, 2.24) is 4.90 Å². The van der Waals surface area contributed by atoms with Crippen LogP contribution in [0, 0.1) is 5.82 Å². The summed E-state index contributed by atoms with van der Waals surface area (Å²) in [5.41, 5.74) is 0.486. The molecular formula is C18H16ClFN2O2. The minimum Gasteiger partial charge on any atom is -0.324 e. The number of benzene rings is 2. The Labute approximate surface area is 144 Å². The van der Waals surface area contributed by atoms with Crippen LogP contribution < -0.4 is 4.90 Å². The van der Waals surface area contributed by atoms with E-state index in [1.54, 1.807) is 35.2 Å². The van der Waals surface area contributed by atoms with Gasteiger partial charge in [-0.25, -0.2) is 4.39 Å². The lowest BCUT2D eigenvalue weighted by atomic mass is 10.2. The first-order valence-electron chi connectivity index (χ1n) is 7.66. The summed E-state index contributed by atoms with van der Waals surface area (Å²) in [5.74, 6) is -0.947. The molecule has 2 aromatic carbocycles. The number of anilines is 1. The van der Waals surface area contributed by atoms with Crippen molar-refractivity contribution in [3.8, 4) is 0 Å². The highest BCUT2D eigenvalue weighted by Crippen LogP contribution is 2.24. The number of nitrogens with zero attached hydrogens (tertiary/aromatic N) is 2. The van der Waals surface area contributed by atoms with Crippen LogP contribution in [0.3, 0.4) is 0 Å². The summed E-state index contributed by atoms with van der Waals surface area (Å²) in [6.07, 6.45) is 1.20. The minimum atomic E-state index is -0.514. The summed E-state index contributed by atoms with van der Waals surface area (Å²) >= 11 is 5.96. The fourth-order valence-electron chi connectivity index (χ4n) is 2.72. The van der Waals surface area contributed by atoms with E-state index in [0.717, 1.165) is 6.42 Å². The Hall–Kier alpha value is -2.40. The Bertz CT molecular complexity index is 781. The maximum Gasteiger partial charge on any atom is 0.259 e. The molecule has 4 nitrogen and oxygen atoms in total. The first kappa shape index (κ1) is 16.5. The van der Waals surface area contributed by atoms with E-state index in [-0.39, 0.29) is 18.3 Å². The molecule has 124 valence electrons. The number of para-hydroxylation sites is 1. The molecule has 2 amide bonds. The summed E-state index contributed by atoms with van der Waals surface area (Å²) in [6.45, 7) is 0.581. The number of halogens is 2. The molecule has 0 bridgehead atoms. The van der Waals surface area contributed by atoms with Crippen molar-refractivity contribution in [2.24, 2.45) is 0 Å². The van der Waals surface area contributed by atoms with E-state index in [2.05, 4.69) is 0 Å². The van der Waals surface area contributed by atoms with Crippen LogP contribution >= 0.6 is 11.6 Å². The van der Waals surface area contributed by atoms with Crippen molar-refractivity contribution in [2.45, 2.75) is 12.8 Å². The lowest BCUT2D eigenvalue weighted by Gasteiger charge is -2.28. The predicted octanol–water partition coefficient (Wildman–Crippen LogP) is 3.71. The molecule has 0 N–H and O–H groups in total. The van der Waals surface area contributed by atoms with Gasteiger partial charge in [-0.15, -0.1) is 0 Å². The molecule has 0 aliphatic carbocycles. The first-order valence-corrected chi connectivity index (χ1v) is 8.04. The highest BCUT2D eigenvalue weighted by molar-refractivity contribution is 6.31. The third-order valence-electron chi connectivity index (χ3n) is 3.94. The van der Waals surface area contributed by atoms with Gasteiger partial charge in [0.05, 0.1) is 5.69 Å². The fourth-order valence-corrected chi connectivity index (χ4v) is 2.91. The molecule has 0 atom stereocenters. The summed E-state index contributed by atoms with van der Waals surface area (Å²) in [7, 11) is 0. The molecule has 0 unspecified atom stereocenters. The molecule has 0 aromatic heterocycles. The van der Waals surface area contributed by atoms with E-state index in [9.17, 15) is 14.0 Å². The maximum absolute atomic E-state index is 14.2. The van der Waals surface area contributed by atoms with Crippen LogP contribution in [-0.2, 0) is 4.79 Å². The molecule has 6 heteroatoms. The molecule has 3 rings (SSSR count). The first-order chi connectivity index (χ1) is 11.6. The molecule has 1 aliphatic rings. The molecule has 1 aliphatic heterocycles. The second kappa shape index (κ2) is 7.01. The molecule has 0 saturated carbocycles. The molecule has 1 heterocycles. The Morgan fingerprint density at radius 2 is 2.00 bits per heavy atom. The second-order valence-corrected chi connectivity index (χ2v) is 6.03. The van der Waals surface area contributed by atoms with Gasteiger partial charge in [-0.05, 0) is 36.8 Å².